The van der Waals surface area contributed by atoms with Crippen LogP contribution in [0.1, 0.15) is 32.3 Å². The third-order valence-corrected chi connectivity index (χ3v) is 4.43. The van der Waals surface area contributed by atoms with E-state index in [0.29, 0.717) is 6.04 Å². The van der Waals surface area contributed by atoms with Crippen molar-refractivity contribution in [2.75, 3.05) is 18.4 Å². The summed E-state index contributed by atoms with van der Waals surface area (Å²) in [6.45, 7) is 6.53. The van der Waals surface area contributed by atoms with Crippen molar-refractivity contribution in [2.24, 2.45) is 0 Å². The molecule has 0 unspecified atom stereocenters. The second-order valence-electron chi connectivity index (χ2n) is 5.84. The molecule has 0 radical (unpaired) electrons. The van der Waals surface area contributed by atoms with E-state index in [1.165, 1.54) is 5.56 Å². The molecule has 1 aromatic rings. The first-order valence-electron chi connectivity index (χ1n) is 7.03. The molecule has 0 bridgehead atoms. The van der Waals surface area contributed by atoms with Crippen molar-refractivity contribution in [3.05, 3.63) is 29.8 Å². The maximum Gasteiger partial charge on any atom is 0.319 e. The number of para-hydroxylation sites is 1. The minimum atomic E-state index is -0.176. The number of anilines is 1. The molecule has 0 saturated carbocycles. The minimum absolute atomic E-state index is 0.0725. The van der Waals surface area contributed by atoms with Gasteiger partial charge in [-0.05, 0) is 32.8 Å². The summed E-state index contributed by atoms with van der Waals surface area (Å²) in [6, 6.07) is 8.65. The molecule has 0 atom stereocenters. The number of benzene rings is 1. The molecule has 102 valence electrons. The predicted octanol–water partition coefficient (Wildman–Crippen LogP) is 2.52. The van der Waals surface area contributed by atoms with Crippen LogP contribution < -0.4 is 10.6 Å². The van der Waals surface area contributed by atoms with E-state index in [4.69, 9.17) is 0 Å². The van der Waals surface area contributed by atoms with Crippen LogP contribution in [0.3, 0.4) is 0 Å². The smallest absolute Gasteiger partial charge is 0.319 e. The zero-order chi connectivity index (χ0) is 13.5. The van der Waals surface area contributed by atoms with E-state index in [-0.39, 0.29) is 11.6 Å². The van der Waals surface area contributed by atoms with Crippen molar-refractivity contribution < 1.29 is 4.79 Å². The van der Waals surface area contributed by atoms with Crippen molar-refractivity contribution in [3.63, 3.8) is 0 Å². The first-order valence-corrected chi connectivity index (χ1v) is 7.03. The maximum absolute atomic E-state index is 11.9. The van der Waals surface area contributed by atoms with Crippen LogP contribution in [-0.4, -0.2) is 30.1 Å². The SMILES string of the molecule is CC(C)N1CCC2(CC1)NC(=O)Nc1ccccc12. The number of hydrogen-bond acceptors (Lipinski definition) is 2. The highest BCUT2D eigenvalue weighted by Crippen LogP contribution is 2.39. The number of urea groups is 1. The summed E-state index contributed by atoms with van der Waals surface area (Å²) >= 11 is 0. The van der Waals surface area contributed by atoms with Gasteiger partial charge in [0, 0.05) is 30.4 Å². The number of fused-ring (bicyclic) bond motifs is 2. The van der Waals surface area contributed by atoms with Crippen molar-refractivity contribution >= 4 is 11.7 Å². The zero-order valence-electron chi connectivity index (χ0n) is 11.6. The monoisotopic (exact) mass is 259 g/mol. The Kier molecular flexibility index (Phi) is 2.97. The fraction of sp³-hybridized carbons (Fsp3) is 0.533. The predicted molar refractivity (Wildman–Crippen MR) is 76.2 cm³/mol. The van der Waals surface area contributed by atoms with Crippen molar-refractivity contribution in [3.8, 4) is 0 Å². The quantitative estimate of drug-likeness (QED) is 0.814. The normalized spacial score (nSPS) is 21.9. The van der Waals surface area contributed by atoms with Gasteiger partial charge in [-0.1, -0.05) is 18.2 Å². The number of piperidine rings is 1. The molecule has 3 rings (SSSR count). The fourth-order valence-electron chi connectivity index (χ4n) is 3.26. The van der Waals surface area contributed by atoms with Gasteiger partial charge in [-0.2, -0.15) is 0 Å². The highest BCUT2D eigenvalue weighted by Gasteiger charge is 2.41. The fourth-order valence-corrected chi connectivity index (χ4v) is 3.26. The van der Waals surface area contributed by atoms with Crippen molar-refractivity contribution in [1.82, 2.24) is 10.2 Å². The number of nitrogens with zero attached hydrogens (tertiary/aromatic N) is 1. The Morgan fingerprint density at radius 1 is 1.21 bits per heavy atom. The molecule has 1 fully saturated rings. The lowest BCUT2D eigenvalue weighted by Gasteiger charge is -2.46. The molecular weight excluding hydrogens is 238 g/mol. The summed E-state index contributed by atoms with van der Waals surface area (Å²) in [5, 5.41) is 6.07. The number of amides is 2. The molecule has 2 amide bonds. The maximum atomic E-state index is 11.9. The van der Waals surface area contributed by atoms with Gasteiger partial charge in [0.25, 0.3) is 0 Å². The molecule has 4 heteroatoms. The standard InChI is InChI=1S/C15H21N3O/c1-11(2)18-9-7-15(8-10-18)12-5-3-4-6-13(12)16-14(19)17-15/h3-6,11H,7-10H2,1-2H3,(H2,16,17,19). The van der Waals surface area contributed by atoms with Crippen LogP contribution in [0.15, 0.2) is 24.3 Å². The lowest BCUT2D eigenvalue weighted by Crippen LogP contribution is -2.57. The Hall–Kier alpha value is -1.55. The number of carbonyl (C=O) groups is 1. The lowest BCUT2D eigenvalue weighted by atomic mass is 9.78. The summed E-state index contributed by atoms with van der Waals surface area (Å²) in [5.74, 6) is 0. The van der Waals surface area contributed by atoms with Crippen LogP contribution in [0.2, 0.25) is 0 Å². The van der Waals surface area contributed by atoms with E-state index in [2.05, 4.69) is 41.5 Å². The van der Waals surface area contributed by atoms with Crippen LogP contribution in [0.4, 0.5) is 10.5 Å². The number of nitrogens with one attached hydrogen (secondary N) is 2. The van der Waals surface area contributed by atoms with E-state index in [1.807, 2.05) is 12.1 Å². The molecular formula is C15H21N3O. The van der Waals surface area contributed by atoms with Gasteiger partial charge in [0.2, 0.25) is 0 Å². The number of carbonyl (C=O) groups excluding carboxylic acids is 1. The van der Waals surface area contributed by atoms with Gasteiger partial charge in [0.05, 0.1) is 5.54 Å². The minimum Gasteiger partial charge on any atom is -0.328 e. The van der Waals surface area contributed by atoms with Crippen LogP contribution in [0, 0.1) is 0 Å². The van der Waals surface area contributed by atoms with E-state index >= 15 is 0 Å². The molecule has 2 heterocycles. The van der Waals surface area contributed by atoms with Gasteiger partial charge in [-0.3, -0.25) is 0 Å². The van der Waals surface area contributed by atoms with Crippen LogP contribution in [-0.2, 0) is 5.54 Å². The summed E-state index contributed by atoms with van der Waals surface area (Å²) in [6.07, 6.45) is 1.96. The average molecular weight is 259 g/mol. The van der Waals surface area contributed by atoms with Gasteiger partial charge in [0.1, 0.15) is 0 Å². The average Bonchev–Trinajstić information content (AvgIpc) is 2.39. The molecule has 19 heavy (non-hydrogen) atoms. The van der Waals surface area contributed by atoms with Crippen LogP contribution in [0.5, 0.6) is 0 Å². The Balaban J connectivity index is 1.91. The second kappa shape index (κ2) is 4.53. The van der Waals surface area contributed by atoms with Gasteiger partial charge in [-0.15, -0.1) is 0 Å². The topological polar surface area (TPSA) is 44.4 Å². The van der Waals surface area contributed by atoms with Gasteiger partial charge in [-0.25, -0.2) is 4.79 Å². The number of hydrogen-bond donors (Lipinski definition) is 2. The molecule has 0 aromatic heterocycles. The van der Waals surface area contributed by atoms with Gasteiger partial charge < -0.3 is 15.5 Å². The van der Waals surface area contributed by atoms with Gasteiger partial charge >= 0.3 is 6.03 Å². The van der Waals surface area contributed by atoms with Crippen LogP contribution in [0.25, 0.3) is 0 Å². The molecule has 1 saturated heterocycles. The highest BCUT2D eigenvalue weighted by atomic mass is 16.2. The van der Waals surface area contributed by atoms with Crippen LogP contribution >= 0.6 is 0 Å². The Morgan fingerprint density at radius 3 is 2.58 bits per heavy atom. The van der Waals surface area contributed by atoms with Crippen molar-refractivity contribution in [1.29, 1.82) is 0 Å². The van der Waals surface area contributed by atoms with E-state index in [9.17, 15) is 4.79 Å². The van der Waals surface area contributed by atoms with Gasteiger partial charge in [0.15, 0.2) is 0 Å². The lowest BCUT2D eigenvalue weighted by molar-refractivity contribution is 0.113. The number of likely N-dealkylation sites (tertiary alicyclic amines) is 1. The van der Waals surface area contributed by atoms with E-state index in [0.717, 1.165) is 31.6 Å². The highest BCUT2D eigenvalue weighted by molar-refractivity contribution is 5.93. The van der Waals surface area contributed by atoms with Crippen molar-refractivity contribution in [2.45, 2.75) is 38.3 Å². The summed E-state index contributed by atoms with van der Waals surface area (Å²) in [5.41, 5.74) is 2.02. The zero-order valence-corrected chi connectivity index (χ0v) is 11.6. The molecule has 2 aliphatic rings. The molecule has 0 aliphatic carbocycles. The molecule has 1 spiro atoms. The largest absolute Gasteiger partial charge is 0.328 e. The third kappa shape index (κ3) is 2.10. The van der Waals surface area contributed by atoms with E-state index < -0.39 is 0 Å². The summed E-state index contributed by atoms with van der Waals surface area (Å²) in [4.78, 5) is 14.4. The van der Waals surface area contributed by atoms with E-state index in [1.54, 1.807) is 0 Å². The molecule has 1 aromatic carbocycles. The molecule has 2 N–H and O–H groups in total. The Morgan fingerprint density at radius 2 is 1.89 bits per heavy atom. The summed E-state index contributed by atoms with van der Waals surface area (Å²) in [7, 11) is 0. The Bertz CT molecular complexity index is 490. The first kappa shape index (κ1) is 12.5. The molecule has 2 aliphatic heterocycles. The Labute approximate surface area is 114 Å². The second-order valence-corrected chi connectivity index (χ2v) is 5.84. The number of rotatable bonds is 1. The summed E-state index contributed by atoms with van der Waals surface area (Å²) < 4.78 is 0. The first-order chi connectivity index (χ1) is 9.11. The third-order valence-electron chi connectivity index (χ3n) is 4.43. The molecule has 4 nitrogen and oxygen atoms in total.